The van der Waals surface area contributed by atoms with E-state index >= 15 is 0 Å². The number of anilines is 2. The van der Waals surface area contributed by atoms with Crippen molar-refractivity contribution in [2.75, 3.05) is 17.7 Å². The van der Waals surface area contributed by atoms with Gasteiger partial charge in [0.1, 0.15) is 11.6 Å². The van der Waals surface area contributed by atoms with Crippen molar-refractivity contribution >= 4 is 17.3 Å². The zero-order chi connectivity index (χ0) is 14.5. The third-order valence-electron chi connectivity index (χ3n) is 2.77. The van der Waals surface area contributed by atoms with E-state index in [2.05, 4.69) is 5.32 Å². The lowest BCUT2D eigenvalue weighted by molar-refractivity contribution is -0.118. The SMILES string of the molecule is Cc1c(F)cccc1NC(=O)COc1cccc(N)c1. The van der Waals surface area contributed by atoms with E-state index in [1.54, 1.807) is 37.3 Å². The molecule has 5 heteroatoms. The number of hydrogen-bond donors (Lipinski definition) is 2. The fourth-order valence-corrected chi connectivity index (χ4v) is 1.68. The summed E-state index contributed by atoms with van der Waals surface area (Å²) in [5.41, 5.74) is 6.99. The molecule has 0 unspecified atom stereocenters. The molecule has 3 N–H and O–H groups in total. The molecular weight excluding hydrogens is 259 g/mol. The number of hydrogen-bond acceptors (Lipinski definition) is 3. The van der Waals surface area contributed by atoms with E-state index in [9.17, 15) is 9.18 Å². The lowest BCUT2D eigenvalue weighted by Gasteiger charge is -2.10. The van der Waals surface area contributed by atoms with Crippen LogP contribution in [0.5, 0.6) is 5.75 Å². The van der Waals surface area contributed by atoms with Gasteiger partial charge in [-0.25, -0.2) is 4.39 Å². The van der Waals surface area contributed by atoms with E-state index in [0.717, 1.165) is 0 Å². The van der Waals surface area contributed by atoms with Crippen molar-refractivity contribution in [3.63, 3.8) is 0 Å². The maximum absolute atomic E-state index is 13.3. The molecule has 0 aliphatic heterocycles. The molecular formula is C15H15FN2O2. The van der Waals surface area contributed by atoms with Gasteiger partial charge in [-0.3, -0.25) is 4.79 Å². The monoisotopic (exact) mass is 274 g/mol. The van der Waals surface area contributed by atoms with E-state index in [1.165, 1.54) is 12.1 Å². The maximum atomic E-state index is 13.3. The van der Waals surface area contributed by atoms with Gasteiger partial charge in [-0.2, -0.15) is 0 Å². The summed E-state index contributed by atoms with van der Waals surface area (Å²) < 4.78 is 18.6. The Bertz CT molecular complexity index is 629. The van der Waals surface area contributed by atoms with Crippen molar-refractivity contribution in [2.45, 2.75) is 6.92 Å². The number of nitrogens with one attached hydrogen (secondary N) is 1. The topological polar surface area (TPSA) is 64.3 Å². The van der Waals surface area contributed by atoms with Crippen LogP contribution in [0, 0.1) is 12.7 Å². The standard InChI is InChI=1S/C15H15FN2O2/c1-10-13(16)6-3-7-14(10)18-15(19)9-20-12-5-2-4-11(17)8-12/h2-8H,9,17H2,1H3,(H,18,19). The zero-order valence-corrected chi connectivity index (χ0v) is 11.0. The first-order valence-corrected chi connectivity index (χ1v) is 6.09. The van der Waals surface area contributed by atoms with E-state index in [-0.39, 0.29) is 18.3 Å². The number of amides is 1. The summed E-state index contributed by atoms with van der Waals surface area (Å²) in [5.74, 6) is -0.211. The highest BCUT2D eigenvalue weighted by molar-refractivity contribution is 5.92. The Labute approximate surface area is 116 Å². The Hall–Kier alpha value is -2.56. The number of benzene rings is 2. The molecule has 0 saturated carbocycles. The van der Waals surface area contributed by atoms with Gasteiger partial charge < -0.3 is 15.8 Å². The van der Waals surface area contributed by atoms with Crippen LogP contribution in [-0.2, 0) is 4.79 Å². The fourth-order valence-electron chi connectivity index (χ4n) is 1.68. The Morgan fingerprint density at radius 1 is 1.30 bits per heavy atom. The van der Waals surface area contributed by atoms with Crippen LogP contribution in [0.2, 0.25) is 0 Å². The highest BCUT2D eigenvalue weighted by Crippen LogP contribution is 2.18. The molecule has 104 valence electrons. The minimum atomic E-state index is -0.362. The summed E-state index contributed by atoms with van der Waals surface area (Å²) in [6.45, 7) is 1.43. The number of nitrogens with two attached hydrogens (primary N) is 1. The molecule has 4 nitrogen and oxygen atoms in total. The van der Waals surface area contributed by atoms with Crippen LogP contribution in [0.1, 0.15) is 5.56 Å². The molecule has 0 fully saturated rings. The van der Waals surface area contributed by atoms with Crippen LogP contribution in [0.15, 0.2) is 42.5 Å². The van der Waals surface area contributed by atoms with Gasteiger partial charge in [-0.15, -0.1) is 0 Å². The van der Waals surface area contributed by atoms with Gasteiger partial charge in [0.05, 0.1) is 0 Å². The minimum absolute atomic E-state index is 0.167. The fraction of sp³-hybridized carbons (Fsp3) is 0.133. The molecule has 0 bridgehead atoms. The average molecular weight is 274 g/mol. The van der Waals surface area contributed by atoms with Crippen molar-refractivity contribution in [3.05, 3.63) is 53.8 Å². The predicted molar refractivity (Wildman–Crippen MR) is 76.1 cm³/mol. The van der Waals surface area contributed by atoms with Crippen LogP contribution in [-0.4, -0.2) is 12.5 Å². The van der Waals surface area contributed by atoms with Crippen molar-refractivity contribution < 1.29 is 13.9 Å². The van der Waals surface area contributed by atoms with Crippen LogP contribution >= 0.6 is 0 Å². The van der Waals surface area contributed by atoms with Gasteiger partial charge in [0, 0.05) is 23.0 Å². The van der Waals surface area contributed by atoms with Gasteiger partial charge in [0.15, 0.2) is 6.61 Å². The Morgan fingerprint density at radius 2 is 2.05 bits per heavy atom. The first kappa shape index (κ1) is 13.9. The molecule has 0 saturated heterocycles. The smallest absolute Gasteiger partial charge is 0.262 e. The van der Waals surface area contributed by atoms with E-state index in [1.807, 2.05) is 0 Å². The molecule has 0 spiro atoms. The predicted octanol–water partition coefficient (Wildman–Crippen LogP) is 2.73. The molecule has 2 aromatic rings. The first-order chi connectivity index (χ1) is 9.56. The molecule has 1 amide bonds. The summed E-state index contributed by atoms with van der Waals surface area (Å²) >= 11 is 0. The number of carbonyl (C=O) groups excluding carboxylic acids is 1. The van der Waals surface area contributed by atoms with Gasteiger partial charge >= 0.3 is 0 Å². The second-order valence-electron chi connectivity index (χ2n) is 4.32. The zero-order valence-electron chi connectivity index (χ0n) is 11.0. The molecule has 0 aliphatic carbocycles. The van der Waals surface area contributed by atoms with E-state index in [0.29, 0.717) is 22.7 Å². The number of nitrogen functional groups attached to an aromatic ring is 1. The Balaban J connectivity index is 1.94. The summed E-state index contributed by atoms with van der Waals surface area (Å²) in [6.07, 6.45) is 0. The number of rotatable bonds is 4. The molecule has 0 radical (unpaired) electrons. The number of carbonyl (C=O) groups is 1. The van der Waals surface area contributed by atoms with Gasteiger partial charge in [0.2, 0.25) is 0 Å². The van der Waals surface area contributed by atoms with Crippen LogP contribution < -0.4 is 15.8 Å². The third kappa shape index (κ3) is 3.47. The molecule has 0 atom stereocenters. The molecule has 0 aliphatic rings. The molecule has 2 aromatic carbocycles. The van der Waals surface area contributed by atoms with E-state index < -0.39 is 0 Å². The second-order valence-corrected chi connectivity index (χ2v) is 4.32. The average Bonchev–Trinajstić information content (AvgIpc) is 2.42. The Kier molecular flexibility index (Phi) is 4.20. The highest BCUT2D eigenvalue weighted by atomic mass is 19.1. The minimum Gasteiger partial charge on any atom is -0.484 e. The number of halogens is 1. The first-order valence-electron chi connectivity index (χ1n) is 6.09. The second kappa shape index (κ2) is 6.06. The Morgan fingerprint density at radius 3 is 2.80 bits per heavy atom. The quantitative estimate of drug-likeness (QED) is 0.842. The molecule has 0 heterocycles. The van der Waals surface area contributed by atoms with Crippen molar-refractivity contribution in [1.29, 1.82) is 0 Å². The summed E-state index contributed by atoms with van der Waals surface area (Å²) in [5, 5.41) is 2.60. The van der Waals surface area contributed by atoms with Crippen LogP contribution in [0.25, 0.3) is 0 Å². The highest BCUT2D eigenvalue weighted by Gasteiger charge is 2.08. The van der Waals surface area contributed by atoms with Crippen LogP contribution in [0.3, 0.4) is 0 Å². The number of ether oxygens (including phenoxy) is 1. The van der Waals surface area contributed by atoms with Gasteiger partial charge in [0.25, 0.3) is 5.91 Å². The van der Waals surface area contributed by atoms with Crippen LogP contribution in [0.4, 0.5) is 15.8 Å². The maximum Gasteiger partial charge on any atom is 0.262 e. The lowest BCUT2D eigenvalue weighted by atomic mass is 10.2. The van der Waals surface area contributed by atoms with E-state index in [4.69, 9.17) is 10.5 Å². The van der Waals surface area contributed by atoms with Crippen molar-refractivity contribution in [2.24, 2.45) is 0 Å². The summed E-state index contributed by atoms with van der Waals surface area (Å²) in [4.78, 5) is 11.7. The molecule has 20 heavy (non-hydrogen) atoms. The molecule has 2 rings (SSSR count). The summed E-state index contributed by atoms with van der Waals surface area (Å²) in [6, 6.07) is 11.3. The lowest BCUT2D eigenvalue weighted by Crippen LogP contribution is -2.20. The summed E-state index contributed by atoms with van der Waals surface area (Å²) in [7, 11) is 0. The molecule has 0 aromatic heterocycles. The van der Waals surface area contributed by atoms with Crippen molar-refractivity contribution in [1.82, 2.24) is 0 Å². The van der Waals surface area contributed by atoms with Gasteiger partial charge in [-0.1, -0.05) is 12.1 Å². The van der Waals surface area contributed by atoms with Gasteiger partial charge in [-0.05, 0) is 31.2 Å². The van der Waals surface area contributed by atoms with Crippen molar-refractivity contribution in [3.8, 4) is 5.75 Å². The third-order valence-corrected chi connectivity index (χ3v) is 2.77. The normalized spacial score (nSPS) is 10.1. The largest absolute Gasteiger partial charge is 0.484 e.